The summed E-state index contributed by atoms with van der Waals surface area (Å²) < 4.78 is 0. The highest BCUT2D eigenvalue weighted by molar-refractivity contribution is 9.09. The number of alkyl halides is 2. The van der Waals surface area contributed by atoms with Crippen molar-refractivity contribution in [2.24, 2.45) is 0 Å². The maximum Gasteiger partial charge on any atom is 0.0226 e. The van der Waals surface area contributed by atoms with Crippen LogP contribution in [-0.4, -0.2) is 11.2 Å². The molecular weight excluding hydrogens is 247 g/mol. The minimum absolute atomic E-state index is 0.753. The van der Waals surface area contributed by atoms with Crippen molar-refractivity contribution in [3.63, 3.8) is 0 Å². The summed E-state index contributed by atoms with van der Waals surface area (Å²) in [6.07, 6.45) is 3.28. The van der Waals surface area contributed by atoms with E-state index >= 15 is 0 Å². The number of rotatable bonds is 5. The monoisotopic (exact) mass is 260 g/mol. The van der Waals surface area contributed by atoms with Gasteiger partial charge in [0.15, 0.2) is 0 Å². The van der Waals surface area contributed by atoms with E-state index in [4.69, 9.17) is 11.6 Å². The Balaban J connectivity index is 2.66. The van der Waals surface area contributed by atoms with Crippen LogP contribution in [0.2, 0.25) is 0 Å². The van der Waals surface area contributed by atoms with Crippen LogP contribution in [0.3, 0.4) is 0 Å². The van der Waals surface area contributed by atoms with Gasteiger partial charge in [-0.1, -0.05) is 40.2 Å². The van der Waals surface area contributed by atoms with E-state index in [1.54, 1.807) is 0 Å². The SMILES string of the molecule is ClCCCc1ccccc1CCBr. The lowest BCUT2D eigenvalue weighted by Crippen LogP contribution is -1.95. The van der Waals surface area contributed by atoms with E-state index in [0.717, 1.165) is 30.5 Å². The minimum atomic E-state index is 0.753. The van der Waals surface area contributed by atoms with Gasteiger partial charge in [-0.15, -0.1) is 11.6 Å². The molecule has 2 heteroatoms. The quantitative estimate of drug-likeness (QED) is 0.708. The fourth-order valence-corrected chi connectivity index (χ4v) is 1.97. The van der Waals surface area contributed by atoms with Gasteiger partial charge in [0.2, 0.25) is 0 Å². The third kappa shape index (κ3) is 3.70. The standard InChI is InChI=1S/C11H14BrCl/c12-8-7-11-5-2-1-4-10(11)6-3-9-13/h1-2,4-5H,3,6-9H2. The Morgan fingerprint density at radius 2 is 1.69 bits per heavy atom. The van der Waals surface area contributed by atoms with Crippen LogP contribution in [0, 0.1) is 0 Å². The molecule has 0 saturated carbocycles. The van der Waals surface area contributed by atoms with Gasteiger partial charge in [-0.05, 0) is 30.4 Å². The van der Waals surface area contributed by atoms with E-state index in [0.29, 0.717) is 0 Å². The summed E-state index contributed by atoms with van der Waals surface area (Å²) in [4.78, 5) is 0. The largest absolute Gasteiger partial charge is 0.127 e. The van der Waals surface area contributed by atoms with Gasteiger partial charge in [0.1, 0.15) is 0 Å². The van der Waals surface area contributed by atoms with Gasteiger partial charge in [-0.3, -0.25) is 0 Å². The van der Waals surface area contributed by atoms with Gasteiger partial charge in [-0.25, -0.2) is 0 Å². The molecule has 0 saturated heterocycles. The minimum Gasteiger partial charge on any atom is -0.127 e. The molecule has 0 bridgehead atoms. The Bertz CT molecular complexity index is 248. The Morgan fingerprint density at radius 1 is 1.08 bits per heavy atom. The Labute approximate surface area is 93.4 Å². The Morgan fingerprint density at radius 3 is 2.23 bits per heavy atom. The van der Waals surface area contributed by atoms with E-state index in [-0.39, 0.29) is 0 Å². The van der Waals surface area contributed by atoms with Crippen LogP contribution in [-0.2, 0) is 12.8 Å². The lowest BCUT2D eigenvalue weighted by molar-refractivity contribution is 0.907. The van der Waals surface area contributed by atoms with E-state index in [9.17, 15) is 0 Å². The van der Waals surface area contributed by atoms with Crippen molar-refractivity contribution >= 4 is 27.5 Å². The van der Waals surface area contributed by atoms with Crippen LogP contribution >= 0.6 is 27.5 Å². The molecule has 0 atom stereocenters. The lowest BCUT2D eigenvalue weighted by atomic mass is 10.0. The average Bonchev–Trinajstić information content (AvgIpc) is 2.17. The van der Waals surface area contributed by atoms with E-state index in [1.165, 1.54) is 11.1 Å². The molecule has 0 heterocycles. The van der Waals surface area contributed by atoms with Gasteiger partial charge >= 0.3 is 0 Å². The molecule has 0 aromatic heterocycles. The first-order valence-corrected chi connectivity index (χ1v) is 6.22. The van der Waals surface area contributed by atoms with Gasteiger partial charge < -0.3 is 0 Å². The smallest absolute Gasteiger partial charge is 0.0226 e. The van der Waals surface area contributed by atoms with Crippen LogP contribution in [0.5, 0.6) is 0 Å². The third-order valence-corrected chi connectivity index (χ3v) is 2.73. The molecule has 1 rings (SSSR count). The van der Waals surface area contributed by atoms with Gasteiger partial charge in [0, 0.05) is 11.2 Å². The molecule has 0 aliphatic heterocycles. The number of hydrogen-bond donors (Lipinski definition) is 0. The fourth-order valence-electron chi connectivity index (χ4n) is 1.40. The molecule has 0 fully saturated rings. The maximum absolute atomic E-state index is 5.67. The van der Waals surface area contributed by atoms with Crippen molar-refractivity contribution in [2.45, 2.75) is 19.3 Å². The molecule has 1 aromatic rings. The van der Waals surface area contributed by atoms with Crippen LogP contribution in [0.15, 0.2) is 24.3 Å². The lowest BCUT2D eigenvalue weighted by Gasteiger charge is -2.06. The molecule has 0 N–H and O–H groups in total. The summed E-state index contributed by atoms with van der Waals surface area (Å²) >= 11 is 9.13. The van der Waals surface area contributed by atoms with E-state index < -0.39 is 0 Å². The second-order valence-electron chi connectivity index (χ2n) is 3.00. The molecule has 0 spiro atoms. The first-order valence-electron chi connectivity index (χ1n) is 4.57. The zero-order valence-electron chi connectivity index (χ0n) is 7.60. The zero-order valence-corrected chi connectivity index (χ0v) is 9.94. The zero-order chi connectivity index (χ0) is 9.52. The molecule has 0 unspecified atom stereocenters. The summed E-state index contributed by atoms with van der Waals surface area (Å²) in [6, 6.07) is 8.60. The van der Waals surface area contributed by atoms with Crippen molar-refractivity contribution < 1.29 is 0 Å². The molecule has 13 heavy (non-hydrogen) atoms. The maximum atomic E-state index is 5.67. The van der Waals surface area contributed by atoms with Crippen LogP contribution in [0.1, 0.15) is 17.5 Å². The number of hydrogen-bond acceptors (Lipinski definition) is 0. The average molecular weight is 262 g/mol. The fraction of sp³-hybridized carbons (Fsp3) is 0.455. The van der Waals surface area contributed by atoms with Crippen LogP contribution in [0.4, 0.5) is 0 Å². The van der Waals surface area contributed by atoms with Gasteiger partial charge in [0.05, 0.1) is 0 Å². The molecule has 72 valence electrons. The molecule has 0 radical (unpaired) electrons. The van der Waals surface area contributed by atoms with Crippen LogP contribution in [0.25, 0.3) is 0 Å². The summed E-state index contributed by atoms with van der Waals surface area (Å²) in [7, 11) is 0. The van der Waals surface area contributed by atoms with Crippen molar-refractivity contribution in [3.8, 4) is 0 Å². The molecule has 0 amide bonds. The Kier molecular flexibility index (Phi) is 5.49. The van der Waals surface area contributed by atoms with Crippen molar-refractivity contribution in [2.75, 3.05) is 11.2 Å². The molecular formula is C11H14BrCl. The molecule has 0 aliphatic carbocycles. The highest BCUT2D eigenvalue weighted by atomic mass is 79.9. The molecule has 0 aliphatic rings. The number of benzene rings is 1. The van der Waals surface area contributed by atoms with Gasteiger partial charge in [-0.2, -0.15) is 0 Å². The topological polar surface area (TPSA) is 0 Å². The predicted molar refractivity (Wildman–Crippen MR) is 63.0 cm³/mol. The van der Waals surface area contributed by atoms with Gasteiger partial charge in [0.25, 0.3) is 0 Å². The number of aryl methyl sites for hydroxylation is 2. The summed E-state index contributed by atoms with van der Waals surface area (Å²) in [5.41, 5.74) is 2.90. The van der Waals surface area contributed by atoms with Crippen molar-refractivity contribution in [1.29, 1.82) is 0 Å². The molecule has 0 nitrogen and oxygen atoms in total. The first kappa shape index (κ1) is 11.1. The summed E-state index contributed by atoms with van der Waals surface area (Å²) in [6.45, 7) is 0. The van der Waals surface area contributed by atoms with Crippen LogP contribution < -0.4 is 0 Å². The Hall–Kier alpha value is -0.0100. The normalized spacial score (nSPS) is 10.3. The second-order valence-corrected chi connectivity index (χ2v) is 4.17. The predicted octanol–water partition coefficient (Wildman–Crippen LogP) is 3.80. The molecule has 1 aromatic carbocycles. The summed E-state index contributed by atoms with van der Waals surface area (Å²) in [5, 5.41) is 1.03. The van der Waals surface area contributed by atoms with E-state index in [1.807, 2.05) is 0 Å². The first-order chi connectivity index (χ1) is 6.38. The number of halogens is 2. The third-order valence-electron chi connectivity index (χ3n) is 2.06. The summed E-state index contributed by atoms with van der Waals surface area (Å²) in [5.74, 6) is 0.753. The highest BCUT2D eigenvalue weighted by Crippen LogP contribution is 2.12. The second kappa shape index (κ2) is 6.44. The van der Waals surface area contributed by atoms with Crippen molar-refractivity contribution in [3.05, 3.63) is 35.4 Å². The van der Waals surface area contributed by atoms with E-state index in [2.05, 4.69) is 40.2 Å². The van der Waals surface area contributed by atoms with Crippen molar-refractivity contribution in [1.82, 2.24) is 0 Å². The highest BCUT2D eigenvalue weighted by Gasteiger charge is 1.99.